The molecule has 1 heterocycles. The highest BCUT2D eigenvalue weighted by atomic mass is 35.5. The molecular formula is C11H7ClF2N2. The highest BCUT2D eigenvalue weighted by molar-refractivity contribution is 6.29. The van der Waals surface area contributed by atoms with Crippen molar-refractivity contribution in [1.82, 2.24) is 9.97 Å². The molecule has 2 rings (SSSR count). The topological polar surface area (TPSA) is 25.8 Å². The number of aryl methyl sites for hydroxylation is 1. The normalized spacial score (nSPS) is 10.5. The molecule has 0 aliphatic heterocycles. The number of halogens is 3. The molecule has 1 aromatic carbocycles. The van der Waals surface area contributed by atoms with Gasteiger partial charge >= 0.3 is 0 Å². The highest BCUT2D eigenvalue weighted by Gasteiger charge is 2.14. The van der Waals surface area contributed by atoms with E-state index in [0.29, 0.717) is 5.56 Å². The highest BCUT2D eigenvalue weighted by Crippen LogP contribution is 2.27. The molecule has 0 aliphatic rings. The molecule has 82 valence electrons. The largest absolute Gasteiger partial charge is 0.236 e. The van der Waals surface area contributed by atoms with E-state index in [9.17, 15) is 8.78 Å². The molecule has 16 heavy (non-hydrogen) atoms. The van der Waals surface area contributed by atoms with Crippen LogP contribution in [0.1, 0.15) is 5.56 Å². The Bertz CT molecular complexity index is 544. The van der Waals surface area contributed by atoms with Crippen LogP contribution >= 0.6 is 11.6 Å². The molecule has 0 unspecified atom stereocenters. The molecular weight excluding hydrogens is 234 g/mol. The van der Waals surface area contributed by atoms with Gasteiger partial charge in [-0.3, -0.25) is 0 Å². The molecule has 1 aromatic heterocycles. The average Bonchev–Trinajstić information content (AvgIpc) is 2.24. The lowest BCUT2D eigenvalue weighted by Gasteiger charge is -2.06. The lowest BCUT2D eigenvalue weighted by molar-refractivity contribution is 0.582. The zero-order chi connectivity index (χ0) is 11.7. The van der Waals surface area contributed by atoms with Crippen LogP contribution in [0.2, 0.25) is 5.15 Å². The Hall–Kier alpha value is -1.55. The van der Waals surface area contributed by atoms with Crippen molar-refractivity contribution in [2.75, 3.05) is 0 Å². The van der Waals surface area contributed by atoms with E-state index in [4.69, 9.17) is 11.6 Å². The van der Waals surface area contributed by atoms with E-state index in [2.05, 4.69) is 9.97 Å². The third-order valence-electron chi connectivity index (χ3n) is 2.17. The van der Waals surface area contributed by atoms with E-state index in [0.717, 1.165) is 0 Å². The molecule has 0 N–H and O–H groups in total. The van der Waals surface area contributed by atoms with Crippen molar-refractivity contribution in [2.45, 2.75) is 6.92 Å². The first-order valence-electron chi connectivity index (χ1n) is 4.52. The number of benzene rings is 1. The van der Waals surface area contributed by atoms with E-state index in [1.54, 1.807) is 6.92 Å². The molecule has 0 spiro atoms. The molecule has 0 fully saturated rings. The quantitative estimate of drug-likeness (QED) is 0.714. The SMILES string of the molecule is Cc1ccc(F)c(-c2cc(Cl)ncn2)c1F. The molecule has 2 aromatic rings. The maximum Gasteiger partial charge on any atom is 0.138 e. The Morgan fingerprint density at radius 1 is 1.19 bits per heavy atom. The van der Waals surface area contributed by atoms with Gasteiger partial charge in [0.2, 0.25) is 0 Å². The minimum atomic E-state index is -0.669. The van der Waals surface area contributed by atoms with Gasteiger partial charge in [-0.05, 0) is 18.6 Å². The molecule has 0 atom stereocenters. The Balaban J connectivity index is 2.68. The second-order valence-electron chi connectivity index (χ2n) is 3.28. The predicted molar refractivity (Wildman–Crippen MR) is 57.1 cm³/mol. The first-order chi connectivity index (χ1) is 7.59. The van der Waals surface area contributed by atoms with E-state index in [-0.39, 0.29) is 16.4 Å². The van der Waals surface area contributed by atoms with E-state index < -0.39 is 11.6 Å². The van der Waals surface area contributed by atoms with Gasteiger partial charge in [0.1, 0.15) is 23.1 Å². The average molecular weight is 241 g/mol. The standard InChI is InChI=1S/C11H7ClF2N2/c1-6-2-3-7(13)10(11(6)14)8-4-9(12)16-5-15-8/h2-5H,1H3. The summed E-state index contributed by atoms with van der Waals surface area (Å²) in [6.07, 6.45) is 1.17. The summed E-state index contributed by atoms with van der Waals surface area (Å²) < 4.78 is 27.2. The molecule has 2 nitrogen and oxygen atoms in total. The molecule has 0 saturated carbocycles. The van der Waals surface area contributed by atoms with Gasteiger partial charge in [-0.2, -0.15) is 0 Å². The third kappa shape index (κ3) is 1.88. The molecule has 0 radical (unpaired) electrons. The maximum absolute atomic E-state index is 13.7. The van der Waals surface area contributed by atoms with Gasteiger partial charge in [-0.25, -0.2) is 18.7 Å². The van der Waals surface area contributed by atoms with E-state index >= 15 is 0 Å². The summed E-state index contributed by atoms with van der Waals surface area (Å²) in [6.45, 7) is 1.56. The Morgan fingerprint density at radius 3 is 2.62 bits per heavy atom. The van der Waals surface area contributed by atoms with E-state index in [1.165, 1.54) is 24.5 Å². The Kier molecular flexibility index (Phi) is 2.83. The Labute approximate surface area is 95.9 Å². The fourth-order valence-corrected chi connectivity index (χ4v) is 1.51. The van der Waals surface area contributed by atoms with Crippen LogP contribution in [0.25, 0.3) is 11.3 Å². The van der Waals surface area contributed by atoms with Gasteiger partial charge in [0.25, 0.3) is 0 Å². The van der Waals surface area contributed by atoms with Gasteiger partial charge < -0.3 is 0 Å². The van der Waals surface area contributed by atoms with Crippen molar-refractivity contribution in [2.24, 2.45) is 0 Å². The van der Waals surface area contributed by atoms with Crippen LogP contribution in [-0.2, 0) is 0 Å². The van der Waals surface area contributed by atoms with Crippen LogP contribution in [0, 0.1) is 18.6 Å². The fourth-order valence-electron chi connectivity index (χ4n) is 1.36. The van der Waals surface area contributed by atoms with Crippen LogP contribution in [0.5, 0.6) is 0 Å². The van der Waals surface area contributed by atoms with E-state index in [1.807, 2.05) is 0 Å². The smallest absolute Gasteiger partial charge is 0.138 e. The maximum atomic E-state index is 13.7. The lowest BCUT2D eigenvalue weighted by Crippen LogP contribution is -1.95. The first kappa shape index (κ1) is 11.0. The summed E-state index contributed by atoms with van der Waals surface area (Å²) in [4.78, 5) is 7.45. The number of nitrogens with zero attached hydrogens (tertiary/aromatic N) is 2. The Morgan fingerprint density at radius 2 is 1.94 bits per heavy atom. The van der Waals surface area contributed by atoms with Crippen molar-refractivity contribution in [3.8, 4) is 11.3 Å². The minimum Gasteiger partial charge on any atom is -0.236 e. The van der Waals surface area contributed by atoms with Gasteiger partial charge in [0.15, 0.2) is 0 Å². The summed E-state index contributed by atoms with van der Waals surface area (Å²) in [5.74, 6) is -1.30. The number of aromatic nitrogens is 2. The van der Waals surface area contributed by atoms with Crippen molar-refractivity contribution in [1.29, 1.82) is 0 Å². The first-order valence-corrected chi connectivity index (χ1v) is 4.90. The van der Waals surface area contributed by atoms with Crippen molar-refractivity contribution in [3.05, 3.63) is 46.9 Å². The monoisotopic (exact) mass is 240 g/mol. The summed E-state index contributed by atoms with van der Waals surface area (Å²) >= 11 is 5.64. The zero-order valence-electron chi connectivity index (χ0n) is 8.34. The second kappa shape index (κ2) is 4.14. The molecule has 5 heteroatoms. The summed E-state index contributed by atoms with van der Waals surface area (Å²) in [6, 6.07) is 3.89. The van der Waals surface area contributed by atoms with Crippen LogP contribution in [0.3, 0.4) is 0 Å². The second-order valence-corrected chi connectivity index (χ2v) is 3.67. The summed E-state index contributed by atoms with van der Waals surface area (Å²) in [7, 11) is 0. The summed E-state index contributed by atoms with van der Waals surface area (Å²) in [5.41, 5.74) is 0.314. The van der Waals surface area contributed by atoms with Gasteiger partial charge in [0.05, 0.1) is 11.3 Å². The summed E-state index contributed by atoms with van der Waals surface area (Å²) in [5, 5.41) is 0.144. The number of hydrogen-bond acceptors (Lipinski definition) is 2. The van der Waals surface area contributed by atoms with Gasteiger partial charge in [0, 0.05) is 6.07 Å². The molecule has 0 aliphatic carbocycles. The minimum absolute atomic E-state index is 0.138. The van der Waals surface area contributed by atoms with Crippen LogP contribution in [0.15, 0.2) is 24.5 Å². The molecule has 0 amide bonds. The predicted octanol–water partition coefficient (Wildman–Crippen LogP) is 3.38. The number of hydrogen-bond donors (Lipinski definition) is 0. The van der Waals surface area contributed by atoms with Gasteiger partial charge in [-0.1, -0.05) is 17.7 Å². The van der Waals surface area contributed by atoms with Crippen LogP contribution in [-0.4, -0.2) is 9.97 Å². The molecule has 0 saturated heterocycles. The zero-order valence-corrected chi connectivity index (χ0v) is 9.09. The lowest BCUT2D eigenvalue weighted by atomic mass is 10.1. The van der Waals surface area contributed by atoms with Crippen molar-refractivity contribution >= 4 is 11.6 Å². The number of rotatable bonds is 1. The molecule has 0 bridgehead atoms. The van der Waals surface area contributed by atoms with Crippen LogP contribution < -0.4 is 0 Å². The fraction of sp³-hybridized carbons (Fsp3) is 0.0909. The van der Waals surface area contributed by atoms with Crippen molar-refractivity contribution < 1.29 is 8.78 Å². The van der Waals surface area contributed by atoms with Crippen molar-refractivity contribution in [3.63, 3.8) is 0 Å². The van der Waals surface area contributed by atoms with Gasteiger partial charge in [-0.15, -0.1) is 0 Å². The third-order valence-corrected chi connectivity index (χ3v) is 2.38. The van der Waals surface area contributed by atoms with Crippen LogP contribution in [0.4, 0.5) is 8.78 Å².